The molecule has 2 N–H and O–H groups in total. The lowest BCUT2D eigenvalue weighted by Gasteiger charge is -2.08. The van der Waals surface area contributed by atoms with Gasteiger partial charge in [-0.3, -0.25) is 0 Å². The topological polar surface area (TPSA) is 61.3 Å². The predicted molar refractivity (Wildman–Crippen MR) is 57.6 cm³/mol. The molecule has 2 rings (SSSR count). The van der Waals surface area contributed by atoms with Gasteiger partial charge in [-0.05, 0) is 13.0 Å². The second-order valence-electron chi connectivity index (χ2n) is 3.40. The van der Waals surface area contributed by atoms with Crippen molar-refractivity contribution in [1.82, 2.24) is 5.16 Å². The number of nitrogen functional groups attached to an aromatic ring is 1. The van der Waals surface area contributed by atoms with Crippen LogP contribution in [0.15, 0.2) is 22.7 Å². The summed E-state index contributed by atoms with van der Waals surface area (Å²) in [4.78, 5) is 0. The standard InChI is InChI=1S/C11H11FN2O2/c1-6-8(9-5-11(13)16-14-9)3-7(12)4-10(6)15-2/h3-5H,13H2,1-2H3. The van der Waals surface area contributed by atoms with Crippen molar-refractivity contribution < 1.29 is 13.7 Å². The van der Waals surface area contributed by atoms with E-state index in [1.54, 1.807) is 6.07 Å². The van der Waals surface area contributed by atoms with E-state index in [4.69, 9.17) is 15.0 Å². The molecule has 4 nitrogen and oxygen atoms in total. The fourth-order valence-electron chi connectivity index (χ4n) is 1.55. The zero-order chi connectivity index (χ0) is 11.7. The minimum atomic E-state index is -0.390. The normalized spacial score (nSPS) is 10.4. The van der Waals surface area contributed by atoms with Crippen molar-refractivity contribution in [2.75, 3.05) is 12.8 Å². The lowest BCUT2D eigenvalue weighted by atomic mass is 10.0. The summed E-state index contributed by atoms with van der Waals surface area (Å²) < 4.78 is 23.1. The van der Waals surface area contributed by atoms with E-state index in [2.05, 4.69) is 5.16 Å². The van der Waals surface area contributed by atoms with Crippen LogP contribution in [0.1, 0.15) is 5.56 Å². The van der Waals surface area contributed by atoms with Crippen molar-refractivity contribution in [2.24, 2.45) is 0 Å². The Kier molecular flexibility index (Phi) is 2.52. The van der Waals surface area contributed by atoms with Gasteiger partial charge >= 0.3 is 0 Å². The summed E-state index contributed by atoms with van der Waals surface area (Å²) in [5, 5.41) is 3.74. The zero-order valence-corrected chi connectivity index (χ0v) is 8.95. The van der Waals surface area contributed by atoms with Crippen LogP contribution in [-0.4, -0.2) is 12.3 Å². The van der Waals surface area contributed by atoms with Crippen molar-refractivity contribution in [3.63, 3.8) is 0 Å². The van der Waals surface area contributed by atoms with Gasteiger partial charge in [0.2, 0.25) is 5.88 Å². The molecule has 0 fully saturated rings. The number of anilines is 1. The molecular formula is C11H11FN2O2. The monoisotopic (exact) mass is 222 g/mol. The van der Waals surface area contributed by atoms with Gasteiger partial charge in [0.15, 0.2) is 0 Å². The van der Waals surface area contributed by atoms with Crippen LogP contribution < -0.4 is 10.5 Å². The van der Waals surface area contributed by atoms with Crippen LogP contribution in [0.5, 0.6) is 5.75 Å². The van der Waals surface area contributed by atoms with Crippen molar-refractivity contribution in [3.05, 3.63) is 29.6 Å². The van der Waals surface area contributed by atoms with Gasteiger partial charge in [-0.25, -0.2) is 4.39 Å². The average Bonchev–Trinajstić information content (AvgIpc) is 2.67. The van der Waals surface area contributed by atoms with Crippen molar-refractivity contribution in [3.8, 4) is 17.0 Å². The lowest BCUT2D eigenvalue weighted by Crippen LogP contribution is -1.92. The fourth-order valence-corrected chi connectivity index (χ4v) is 1.55. The van der Waals surface area contributed by atoms with Crippen molar-refractivity contribution in [2.45, 2.75) is 6.92 Å². The van der Waals surface area contributed by atoms with Gasteiger partial charge in [-0.15, -0.1) is 0 Å². The molecule has 0 bridgehead atoms. The maximum absolute atomic E-state index is 13.3. The zero-order valence-electron chi connectivity index (χ0n) is 8.95. The smallest absolute Gasteiger partial charge is 0.222 e. The maximum Gasteiger partial charge on any atom is 0.222 e. The van der Waals surface area contributed by atoms with E-state index in [-0.39, 0.29) is 11.7 Å². The van der Waals surface area contributed by atoms with Crippen molar-refractivity contribution in [1.29, 1.82) is 0 Å². The summed E-state index contributed by atoms with van der Waals surface area (Å²) in [6, 6.07) is 4.23. The molecule has 0 atom stereocenters. The molecule has 0 unspecified atom stereocenters. The SMILES string of the molecule is COc1cc(F)cc(-c2cc(N)on2)c1C. The summed E-state index contributed by atoms with van der Waals surface area (Å²) in [6.45, 7) is 1.82. The molecule has 2 aromatic rings. The third-order valence-electron chi connectivity index (χ3n) is 2.35. The Morgan fingerprint density at radius 2 is 2.12 bits per heavy atom. The molecule has 1 aromatic heterocycles. The van der Waals surface area contributed by atoms with Crippen LogP contribution in [0.4, 0.5) is 10.3 Å². The Labute approximate surface area is 91.8 Å². The van der Waals surface area contributed by atoms with Crippen LogP contribution in [0.25, 0.3) is 11.3 Å². The molecular weight excluding hydrogens is 211 g/mol. The first kappa shape index (κ1) is 10.5. The quantitative estimate of drug-likeness (QED) is 0.847. The summed E-state index contributed by atoms with van der Waals surface area (Å²) in [5.74, 6) is 0.272. The van der Waals surface area contributed by atoms with Gasteiger partial charge < -0.3 is 15.0 Å². The molecule has 0 spiro atoms. The van der Waals surface area contributed by atoms with E-state index >= 15 is 0 Å². The molecule has 1 heterocycles. The largest absolute Gasteiger partial charge is 0.496 e. The highest BCUT2D eigenvalue weighted by Crippen LogP contribution is 2.31. The van der Waals surface area contributed by atoms with E-state index in [0.717, 1.165) is 5.56 Å². The number of methoxy groups -OCH3 is 1. The molecule has 0 saturated carbocycles. The molecule has 0 saturated heterocycles. The number of aromatic nitrogens is 1. The molecule has 5 heteroatoms. The fraction of sp³-hybridized carbons (Fsp3) is 0.182. The van der Waals surface area contributed by atoms with E-state index in [0.29, 0.717) is 17.0 Å². The Bertz CT molecular complexity index is 523. The molecule has 0 radical (unpaired) electrons. The lowest BCUT2D eigenvalue weighted by molar-refractivity contribution is 0.408. The number of rotatable bonds is 2. The van der Waals surface area contributed by atoms with Crippen LogP contribution in [0.2, 0.25) is 0 Å². The predicted octanol–water partition coefficient (Wildman–Crippen LogP) is 2.38. The van der Waals surface area contributed by atoms with Crippen LogP contribution in [0, 0.1) is 12.7 Å². The third kappa shape index (κ3) is 1.71. The van der Waals surface area contributed by atoms with E-state index in [1.807, 2.05) is 6.92 Å². The van der Waals surface area contributed by atoms with Gasteiger partial charge in [-0.2, -0.15) is 0 Å². The highest BCUT2D eigenvalue weighted by Gasteiger charge is 2.12. The van der Waals surface area contributed by atoms with Crippen LogP contribution in [0.3, 0.4) is 0 Å². The third-order valence-corrected chi connectivity index (χ3v) is 2.35. The van der Waals surface area contributed by atoms with E-state index < -0.39 is 0 Å². The molecule has 84 valence electrons. The highest BCUT2D eigenvalue weighted by atomic mass is 19.1. The molecule has 0 amide bonds. The van der Waals surface area contributed by atoms with Gasteiger partial charge in [0.05, 0.1) is 7.11 Å². The first-order valence-corrected chi connectivity index (χ1v) is 4.68. The Balaban J connectivity index is 2.60. The minimum Gasteiger partial charge on any atom is -0.496 e. The maximum atomic E-state index is 13.3. The number of hydrogen-bond donors (Lipinski definition) is 1. The minimum absolute atomic E-state index is 0.192. The number of nitrogens with two attached hydrogens (primary N) is 1. The van der Waals surface area contributed by atoms with E-state index in [9.17, 15) is 4.39 Å². The summed E-state index contributed by atoms with van der Waals surface area (Å²) in [7, 11) is 1.49. The molecule has 1 aromatic carbocycles. The highest BCUT2D eigenvalue weighted by molar-refractivity contribution is 5.68. The summed E-state index contributed by atoms with van der Waals surface area (Å²) in [6.07, 6.45) is 0. The number of nitrogens with zero attached hydrogens (tertiary/aromatic N) is 1. The number of halogens is 1. The molecule has 0 aliphatic rings. The number of benzene rings is 1. The van der Waals surface area contributed by atoms with Crippen molar-refractivity contribution >= 4 is 5.88 Å². The van der Waals surface area contributed by atoms with Gasteiger partial charge in [-0.1, -0.05) is 5.16 Å². The van der Waals surface area contributed by atoms with Crippen LogP contribution in [-0.2, 0) is 0 Å². The second-order valence-corrected chi connectivity index (χ2v) is 3.40. The van der Waals surface area contributed by atoms with E-state index in [1.165, 1.54) is 19.2 Å². The Morgan fingerprint density at radius 1 is 1.38 bits per heavy atom. The Hall–Kier alpha value is -2.04. The first-order chi connectivity index (χ1) is 7.61. The second kappa shape index (κ2) is 3.84. The molecule has 16 heavy (non-hydrogen) atoms. The van der Waals surface area contributed by atoms with Gasteiger partial charge in [0, 0.05) is 23.3 Å². The Morgan fingerprint density at radius 3 is 2.69 bits per heavy atom. The van der Waals surface area contributed by atoms with Gasteiger partial charge in [0.25, 0.3) is 0 Å². The number of hydrogen-bond acceptors (Lipinski definition) is 4. The molecule has 0 aliphatic carbocycles. The molecule has 0 aliphatic heterocycles. The first-order valence-electron chi connectivity index (χ1n) is 4.68. The van der Waals surface area contributed by atoms with Crippen LogP contribution >= 0.6 is 0 Å². The van der Waals surface area contributed by atoms with Gasteiger partial charge in [0.1, 0.15) is 17.3 Å². The summed E-state index contributed by atoms with van der Waals surface area (Å²) >= 11 is 0. The number of ether oxygens (including phenoxy) is 1. The average molecular weight is 222 g/mol. The summed E-state index contributed by atoms with van der Waals surface area (Å²) in [5.41, 5.74) is 7.31.